The minimum absolute atomic E-state index is 0.104. The second-order valence-electron chi connectivity index (χ2n) is 10.4. The predicted molar refractivity (Wildman–Crippen MR) is 140 cm³/mol. The number of hydrogen-bond donors (Lipinski definition) is 2. The summed E-state index contributed by atoms with van der Waals surface area (Å²) in [5.74, 6) is 1.72. The number of nitrogens with one attached hydrogen (secondary N) is 1. The zero-order chi connectivity index (χ0) is 24.2. The summed E-state index contributed by atoms with van der Waals surface area (Å²) in [6.45, 7) is 5.23. The summed E-state index contributed by atoms with van der Waals surface area (Å²) in [6, 6.07) is 7.45. The topological polar surface area (TPSA) is 63.1 Å². The molecule has 1 fully saturated rings. The number of benzene rings is 1. The highest BCUT2D eigenvalue weighted by Gasteiger charge is 2.43. The van der Waals surface area contributed by atoms with Crippen molar-refractivity contribution in [2.24, 2.45) is 22.7 Å². The van der Waals surface area contributed by atoms with Crippen LogP contribution in [-0.2, 0) is 9.47 Å². The van der Waals surface area contributed by atoms with E-state index in [2.05, 4.69) is 49.5 Å². The average molecular weight is 477 g/mol. The number of aliphatic imine (C=N–C) groups is 1. The van der Waals surface area contributed by atoms with Crippen molar-refractivity contribution in [3.63, 3.8) is 0 Å². The molecule has 2 aliphatic heterocycles. The average Bonchev–Trinajstić information content (AvgIpc) is 3.27. The van der Waals surface area contributed by atoms with E-state index in [1.807, 2.05) is 18.2 Å². The standard InChI is InChI=1S/C30H40N2O3/c1-3-5-10-20(4-2)19-34-29-18-25(31-30(32-29)24-12-6-8-13-26(24)33)21-15-16-23-22-11-7-9-14-27(22)35-28(23)17-21/h6-8,11-13,15-17,20,22-23,27-30,32-33H,3-5,9-10,14,18-19H2,1-2H3. The van der Waals surface area contributed by atoms with Gasteiger partial charge in [-0.3, -0.25) is 10.3 Å². The van der Waals surface area contributed by atoms with E-state index < -0.39 is 0 Å². The Labute approximate surface area is 210 Å². The number of rotatable bonds is 9. The summed E-state index contributed by atoms with van der Waals surface area (Å²) in [4.78, 5) is 5.07. The lowest BCUT2D eigenvalue weighted by molar-refractivity contribution is -0.000137. The molecule has 35 heavy (non-hydrogen) atoms. The Bertz CT molecular complexity index is 997. The van der Waals surface area contributed by atoms with Crippen molar-refractivity contribution in [3.05, 3.63) is 65.8 Å². The molecular formula is C30H40N2O3. The number of aromatic hydroxyl groups is 1. The molecule has 7 unspecified atom stereocenters. The Morgan fingerprint density at radius 3 is 2.91 bits per heavy atom. The van der Waals surface area contributed by atoms with Crippen molar-refractivity contribution in [1.82, 2.24) is 5.32 Å². The van der Waals surface area contributed by atoms with E-state index >= 15 is 0 Å². The third-order valence-electron chi connectivity index (χ3n) is 8.05. The van der Waals surface area contributed by atoms with Gasteiger partial charge in [0.05, 0.1) is 18.8 Å². The first-order valence-corrected chi connectivity index (χ1v) is 13.6. The Balaban J connectivity index is 1.36. The van der Waals surface area contributed by atoms with E-state index in [-0.39, 0.29) is 24.2 Å². The molecule has 0 bridgehead atoms. The Hall–Kier alpha value is -2.21. The Kier molecular flexibility index (Phi) is 7.86. The zero-order valence-electron chi connectivity index (χ0n) is 21.1. The van der Waals surface area contributed by atoms with Gasteiger partial charge in [0, 0.05) is 29.5 Å². The highest BCUT2D eigenvalue weighted by atomic mass is 16.5. The molecule has 5 heteroatoms. The number of ether oxygens (including phenoxy) is 2. The fourth-order valence-electron chi connectivity index (χ4n) is 5.89. The second kappa shape index (κ2) is 11.2. The van der Waals surface area contributed by atoms with Crippen LogP contribution in [0.25, 0.3) is 0 Å². The van der Waals surface area contributed by atoms with Crippen LogP contribution in [0.2, 0.25) is 0 Å². The second-order valence-corrected chi connectivity index (χ2v) is 10.4. The lowest BCUT2D eigenvalue weighted by Crippen LogP contribution is -2.41. The lowest BCUT2D eigenvalue weighted by Gasteiger charge is -2.32. The van der Waals surface area contributed by atoms with Gasteiger partial charge in [-0.15, -0.1) is 0 Å². The molecule has 4 aliphatic rings. The maximum absolute atomic E-state index is 10.5. The predicted octanol–water partition coefficient (Wildman–Crippen LogP) is 6.23. The van der Waals surface area contributed by atoms with E-state index in [0.29, 0.717) is 30.3 Å². The molecule has 2 heterocycles. The Morgan fingerprint density at radius 1 is 1.20 bits per heavy atom. The molecule has 188 valence electrons. The van der Waals surface area contributed by atoms with Gasteiger partial charge >= 0.3 is 0 Å². The summed E-state index contributed by atoms with van der Waals surface area (Å²) >= 11 is 0. The number of hydrogen-bond acceptors (Lipinski definition) is 5. The smallest absolute Gasteiger partial charge is 0.131 e. The summed E-state index contributed by atoms with van der Waals surface area (Å²) in [5.41, 5.74) is 2.93. The van der Waals surface area contributed by atoms with Gasteiger partial charge in [-0.25, -0.2) is 0 Å². The molecular weight excluding hydrogens is 436 g/mol. The maximum Gasteiger partial charge on any atom is 0.131 e. The molecule has 1 saturated heterocycles. The molecule has 2 aliphatic carbocycles. The summed E-state index contributed by atoms with van der Waals surface area (Å²) in [7, 11) is 0. The van der Waals surface area contributed by atoms with Crippen molar-refractivity contribution in [2.75, 3.05) is 6.61 Å². The summed E-state index contributed by atoms with van der Waals surface area (Å²) in [6.07, 6.45) is 19.1. The van der Waals surface area contributed by atoms with Crippen molar-refractivity contribution in [2.45, 2.75) is 83.4 Å². The largest absolute Gasteiger partial charge is 0.508 e. The quantitative estimate of drug-likeness (QED) is 0.415. The number of unbranched alkanes of at least 4 members (excludes halogenated alkanes) is 1. The van der Waals surface area contributed by atoms with Crippen molar-refractivity contribution < 1.29 is 14.6 Å². The summed E-state index contributed by atoms with van der Waals surface area (Å²) in [5, 5.41) is 14.1. The molecule has 1 aromatic rings. The van der Waals surface area contributed by atoms with Crippen LogP contribution in [0.3, 0.4) is 0 Å². The lowest BCUT2D eigenvalue weighted by atomic mass is 9.79. The fraction of sp³-hybridized carbons (Fsp3) is 0.567. The van der Waals surface area contributed by atoms with Gasteiger partial charge in [-0.1, -0.05) is 75.6 Å². The highest BCUT2D eigenvalue weighted by molar-refractivity contribution is 6.03. The van der Waals surface area contributed by atoms with Gasteiger partial charge in [0.15, 0.2) is 0 Å². The number of phenols is 1. The maximum atomic E-state index is 10.5. The Morgan fingerprint density at radius 2 is 2.09 bits per heavy atom. The van der Waals surface area contributed by atoms with Crippen LogP contribution in [0.1, 0.15) is 70.5 Å². The third-order valence-corrected chi connectivity index (χ3v) is 8.05. The van der Waals surface area contributed by atoms with E-state index in [4.69, 9.17) is 14.5 Å². The van der Waals surface area contributed by atoms with E-state index in [0.717, 1.165) is 42.7 Å². The minimum Gasteiger partial charge on any atom is -0.508 e. The number of fused-ring (bicyclic) bond motifs is 3. The zero-order valence-corrected chi connectivity index (χ0v) is 21.1. The van der Waals surface area contributed by atoms with E-state index in [1.54, 1.807) is 6.07 Å². The third kappa shape index (κ3) is 5.47. The van der Waals surface area contributed by atoms with Crippen molar-refractivity contribution >= 4 is 5.71 Å². The number of phenolic OH excluding ortho intramolecular Hbond substituents is 1. The van der Waals surface area contributed by atoms with Gasteiger partial charge in [0.1, 0.15) is 18.1 Å². The molecule has 5 nitrogen and oxygen atoms in total. The molecule has 2 N–H and O–H groups in total. The SMILES string of the molecule is CCCCC(CC)COC1CC(C2=CC3OC4CCC=CC4C3C=C2)=NC(c2ccccc2O)N1. The van der Waals surface area contributed by atoms with E-state index in [1.165, 1.54) is 19.3 Å². The first kappa shape index (κ1) is 24.5. The number of nitrogens with zero attached hydrogens (tertiary/aromatic N) is 1. The van der Waals surface area contributed by atoms with Crippen LogP contribution in [0, 0.1) is 17.8 Å². The van der Waals surface area contributed by atoms with Gasteiger partial charge < -0.3 is 14.6 Å². The molecule has 0 aromatic heterocycles. The van der Waals surface area contributed by atoms with Gasteiger partial charge in [0.2, 0.25) is 0 Å². The van der Waals surface area contributed by atoms with Crippen LogP contribution >= 0.6 is 0 Å². The molecule has 0 amide bonds. The van der Waals surface area contributed by atoms with Crippen LogP contribution in [0.5, 0.6) is 5.75 Å². The fourth-order valence-corrected chi connectivity index (χ4v) is 5.89. The molecule has 0 radical (unpaired) electrons. The molecule has 1 aromatic carbocycles. The normalized spacial score (nSPS) is 32.5. The van der Waals surface area contributed by atoms with Crippen molar-refractivity contribution in [3.8, 4) is 5.75 Å². The monoisotopic (exact) mass is 476 g/mol. The van der Waals surface area contributed by atoms with Gasteiger partial charge in [0.25, 0.3) is 0 Å². The van der Waals surface area contributed by atoms with Crippen molar-refractivity contribution in [1.29, 1.82) is 0 Å². The number of para-hydroxylation sites is 1. The van der Waals surface area contributed by atoms with Gasteiger partial charge in [-0.05, 0) is 42.9 Å². The first-order valence-electron chi connectivity index (χ1n) is 13.6. The van der Waals surface area contributed by atoms with E-state index in [9.17, 15) is 5.11 Å². The van der Waals surface area contributed by atoms with Crippen LogP contribution in [0.4, 0.5) is 0 Å². The molecule has 0 spiro atoms. The van der Waals surface area contributed by atoms with Crippen LogP contribution in [0.15, 0.2) is 65.2 Å². The van der Waals surface area contributed by atoms with Crippen LogP contribution in [-0.4, -0.2) is 35.9 Å². The summed E-state index contributed by atoms with van der Waals surface area (Å²) < 4.78 is 12.9. The molecule has 7 atom stereocenters. The molecule has 0 saturated carbocycles. The highest BCUT2D eigenvalue weighted by Crippen LogP contribution is 2.42. The van der Waals surface area contributed by atoms with Gasteiger partial charge in [-0.2, -0.15) is 0 Å². The minimum atomic E-state index is -0.345. The molecule has 5 rings (SSSR count). The van der Waals surface area contributed by atoms with Crippen LogP contribution < -0.4 is 5.32 Å². The first-order chi connectivity index (χ1) is 17.2. The number of allylic oxidation sites excluding steroid dienone is 3.